The molecule has 0 unspecified atom stereocenters. The van der Waals surface area contributed by atoms with Crippen LogP contribution >= 0.6 is 0 Å². The Morgan fingerprint density at radius 1 is 1.33 bits per heavy atom. The van der Waals surface area contributed by atoms with E-state index in [4.69, 9.17) is 4.74 Å². The largest absolute Gasteiger partial charge is 0.481 e. The summed E-state index contributed by atoms with van der Waals surface area (Å²) in [5.74, 6) is 0.596. The van der Waals surface area contributed by atoms with Gasteiger partial charge in [-0.3, -0.25) is 0 Å². The summed E-state index contributed by atoms with van der Waals surface area (Å²) >= 11 is 0. The lowest BCUT2D eigenvalue weighted by Gasteiger charge is -2.02. The van der Waals surface area contributed by atoms with Gasteiger partial charge in [-0.2, -0.15) is 5.10 Å². The number of hydrogen-bond acceptors (Lipinski definition) is 3. The van der Waals surface area contributed by atoms with Crippen molar-refractivity contribution in [1.29, 1.82) is 0 Å². The van der Waals surface area contributed by atoms with Gasteiger partial charge in [-0.15, -0.1) is 0 Å². The summed E-state index contributed by atoms with van der Waals surface area (Å²) in [6.45, 7) is 4.03. The van der Waals surface area contributed by atoms with E-state index in [0.29, 0.717) is 5.88 Å². The van der Waals surface area contributed by atoms with Crippen molar-refractivity contribution < 1.29 is 4.74 Å². The minimum absolute atomic E-state index is 0.596. The van der Waals surface area contributed by atoms with Crippen LogP contribution in [0.2, 0.25) is 0 Å². The van der Waals surface area contributed by atoms with E-state index in [1.54, 1.807) is 13.3 Å². The minimum Gasteiger partial charge on any atom is -0.481 e. The highest BCUT2D eigenvalue weighted by molar-refractivity contribution is 5.35. The second-order valence-electron chi connectivity index (χ2n) is 3.40. The maximum Gasteiger partial charge on any atom is 0.215 e. The molecule has 2 rings (SSSR count). The number of hydrogen-bond donors (Lipinski definition) is 0. The second-order valence-corrected chi connectivity index (χ2v) is 3.40. The molecule has 0 N–H and O–H groups in total. The van der Waals surface area contributed by atoms with Crippen molar-refractivity contribution in [3.63, 3.8) is 0 Å². The lowest BCUT2D eigenvalue weighted by molar-refractivity contribution is 0.397. The molecular weight excluding hydrogens is 190 g/mol. The summed E-state index contributed by atoms with van der Waals surface area (Å²) in [6.07, 6.45) is 3.70. The van der Waals surface area contributed by atoms with Gasteiger partial charge in [0.25, 0.3) is 0 Å². The van der Waals surface area contributed by atoms with Gasteiger partial charge in [0.2, 0.25) is 5.88 Å². The molecule has 0 atom stereocenters. The van der Waals surface area contributed by atoms with E-state index in [0.717, 1.165) is 11.4 Å². The summed E-state index contributed by atoms with van der Waals surface area (Å²) in [7, 11) is 1.60. The molecule has 0 bridgehead atoms. The fourth-order valence-electron chi connectivity index (χ4n) is 1.33. The Bertz CT molecular complexity index is 457. The van der Waals surface area contributed by atoms with Crippen LogP contribution in [0.15, 0.2) is 24.5 Å². The molecule has 2 aromatic heterocycles. The van der Waals surface area contributed by atoms with Crippen molar-refractivity contribution in [1.82, 2.24) is 14.8 Å². The molecule has 0 aromatic carbocycles. The molecule has 0 radical (unpaired) electrons. The topological polar surface area (TPSA) is 39.9 Å². The van der Waals surface area contributed by atoms with Crippen LogP contribution in [0, 0.1) is 13.8 Å². The van der Waals surface area contributed by atoms with Crippen LogP contribution in [0.25, 0.3) is 5.69 Å². The van der Waals surface area contributed by atoms with Gasteiger partial charge in [-0.1, -0.05) is 0 Å². The predicted octanol–water partition coefficient (Wildman–Crippen LogP) is 1.89. The second kappa shape index (κ2) is 3.73. The number of aryl methyl sites for hydroxylation is 2. The van der Waals surface area contributed by atoms with Crippen molar-refractivity contribution in [2.75, 3.05) is 7.11 Å². The highest BCUT2D eigenvalue weighted by Gasteiger charge is 2.03. The van der Waals surface area contributed by atoms with Crippen LogP contribution in [-0.4, -0.2) is 21.9 Å². The fourth-order valence-corrected chi connectivity index (χ4v) is 1.33. The lowest BCUT2D eigenvalue weighted by atomic mass is 10.3. The zero-order valence-corrected chi connectivity index (χ0v) is 9.06. The summed E-state index contributed by atoms with van der Waals surface area (Å²) < 4.78 is 6.89. The third-order valence-electron chi connectivity index (χ3n) is 2.34. The van der Waals surface area contributed by atoms with Crippen LogP contribution in [0.1, 0.15) is 11.3 Å². The van der Waals surface area contributed by atoms with Crippen LogP contribution in [-0.2, 0) is 0 Å². The Morgan fingerprint density at radius 2 is 2.13 bits per heavy atom. The summed E-state index contributed by atoms with van der Waals surface area (Å²) in [5, 5.41) is 4.39. The number of aromatic nitrogens is 3. The zero-order valence-electron chi connectivity index (χ0n) is 9.06. The van der Waals surface area contributed by atoms with E-state index < -0.39 is 0 Å². The average molecular weight is 203 g/mol. The molecule has 15 heavy (non-hydrogen) atoms. The number of pyridine rings is 1. The van der Waals surface area contributed by atoms with Gasteiger partial charge in [0.1, 0.15) is 0 Å². The Hall–Kier alpha value is -1.84. The Morgan fingerprint density at radius 3 is 2.73 bits per heavy atom. The summed E-state index contributed by atoms with van der Waals surface area (Å²) in [6, 6.07) is 3.75. The van der Waals surface area contributed by atoms with Gasteiger partial charge in [0.15, 0.2) is 0 Å². The highest BCUT2D eigenvalue weighted by Crippen LogP contribution is 2.14. The van der Waals surface area contributed by atoms with E-state index in [9.17, 15) is 0 Å². The number of nitrogens with zero attached hydrogens (tertiary/aromatic N) is 3. The smallest absolute Gasteiger partial charge is 0.215 e. The van der Waals surface area contributed by atoms with Crippen molar-refractivity contribution in [2.45, 2.75) is 13.8 Å². The molecule has 0 fully saturated rings. The standard InChI is InChI=1S/C11H13N3O/c1-8-7-14(13-9(8)2)10-4-5-12-11(6-10)15-3/h4-7H,1-3H3. The third-order valence-corrected chi connectivity index (χ3v) is 2.34. The van der Waals surface area contributed by atoms with Crippen LogP contribution in [0.4, 0.5) is 0 Å². The quantitative estimate of drug-likeness (QED) is 0.748. The Kier molecular flexibility index (Phi) is 2.41. The molecule has 2 heterocycles. The predicted molar refractivity (Wildman–Crippen MR) is 57.4 cm³/mol. The lowest BCUT2D eigenvalue weighted by Crippen LogP contribution is -1.96. The molecule has 4 heteroatoms. The van der Waals surface area contributed by atoms with Crippen molar-refractivity contribution >= 4 is 0 Å². The van der Waals surface area contributed by atoms with Crippen LogP contribution < -0.4 is 4.74 Å². The first-order valence-corrected chi connectivity index (χ1v) is 4.74. The first kappa shape index (κ1) is 9.71. The van der Waals surface area contributed by atoms with Crippen molar-refractivity contribution in [3.05, 3.63) is 35.8 Å². The van der Waals surface area contributed by atoms with Crippen LogP contribution in [0.3, 0.4) is 0 Å². The minimum atomic E-state index is 0.596. The highest BCUT2D eigenvalue weighted by atomic mass is 16.5. The molecule has 0 saturated heterocycles. The molecular formula is C11H13N3O. The van der Waals surface area contributed by atoms with Gasteiger partial charge in [0, 0.05) is 18.5 Å². The van der Waals surface area contributed by atoms with E-state index >= 15 is 0 Å². The van der Waals surface area contributed by atoms with E-state index in [1.807, 2.05) is 36.9 Å². The third kappa shape index (κ3) is 1.83. The monoisotopic (exact) mass is 203 g/mol. The molecule has 78 valence electrons. The molecule has 0 amide bonds. The Balaban J connectivity index is 2.44. The SMILES string of the molecule is COc1cc(-n2cc(C)c(C)n2)ccn1. The van der Waals surface area contributed by atoms with Gasteiger partial charge < -0.3 is 4.74 Å². The average Bonchev–Trinajstić information content (AvgIpc) is 2.59. The van der Waals surface area contributed by atoms with Gasteiger partial charge in [0.05, 0.1) is 18.5 Å². The maximum atomic E-state index is 5.06. The van der Waals surface area contributed by atoms with Crippen molar-refractivity contribution in [2.24, 2.45) is 0 Å². The number of ether oxygens (including phenoxy) is 1. The maximum absolute atomic E-state index is 5.06. The van der Waals surface area contributed by atoms with Gasteiger partial charge in [-0.25, -0.2) is 9.67 Å². The first-order chi connectivity index (χ1) is 7.20. The molecule has 0 aliphatic heterocycles. The normalized spacial score (nSPS) is 10.3. The molecule has 0 spiro atoms. The van der Waals surface area contributed by atoms with E-state index in [2.05, 4.69) is 10.1 Å². The summed E-state index contributed by atoms with van der Waals surface area (Å²) in [5.41, 5.74) is 3.16. The molecule has 4 nitrogen and oxygen atoms in total. The van der Waals surface area contributed by atoms with Gasteiger partial charge >= 0.3 is 0 Å². The molecule has 0 saturated carbocycles. The van der Waals surface area contributed by atoms with E-state index in [1.165, 1.54) is 5.56 Å². The Labute approximate surface area is 88.5 Å². The van der Waals surface area contributed by atoms with Crippen molar-refractivity contribution in [3.8, 4) is 11.6 Å². The first-order valence-electron chi connectivity index (χ1n) is 4.74. The number of methoxy groups -OCH3 is 1. The van der Waals surface area contributed by atoms with E-state index in [-0.39, 0.29) is 0 Å². The fraction of sp³-hybridized carbons (Fsp3) is 0.273. The molecule has 0 aliphatic rings. The van der Waals surface area contributed by atoms with Crippen LogP contribution in [0.5, 0.6) is 5.88 Å². The number of rotatable bonds is 2. The summed E-state index contributed by atoms with van der Waals surface area (Å²) in [4.78, 5) is 4.05. The molecule has 0 aliphatic carbocycles. The molecule has 2 aromatic rings. The zero-order chi connectivity index (χ0) is 10.8. The van der Waals surface area contributed by atoms with Gasteiger partial charge in [-0.05, 0) is 25.5 Å².